The molecule has 8 atom stereocenters. The fraction of sp³-hybridized carbons (Fsp3) is 0.462. The van der Waals surface area contributed by atoms with E-state index in [9.17, 15) is 65.0 Å². The SMILES string of the molecule is C#Cc1ccc([C@H]2OC(C)(C)N(C(=O)OC(C)(C)C)[C@@H]2CF)cc1.CC(C)(C)OC(=O)N1[C@H](CF)[C@@H](c2ccc(-c3cc(C(=O)O)no3)cc2)OC1(C)C.CCOC(=O)c1cc(-c2ccc([C@H]3OC(C)(C)N(C(=O)OC(C)(C)C)[C@@H]3CF)cc2)on1.NC(=O)c1cc(-c2ccc([C@@H](O)[C@@H](CF)NC(=O)C(F)F)cc2)on1. The lowest BCUT2D eigenvalue weighted by Gasteiger charge is -2.34. The molecule has 27 nitrogen and oxygen atoms in total. The summed E-state index contributed by atoms with van der Waals surface area (Å²) in [7, 11) is 0. The van der Waals surface area contributed by atoms with Crippen LogP contribution in [0.5, 0.6) is 0 Å². The summed E-state index contributed by atoms with van der Waals surface area (Å²) in [6.07, 6.45) is -3.29. The van der Waals surface area contributed by atoms with E-state index >= 15 is 0 Å². The molecule has 111 heavy (non-hydrogen) atoms. The molecule has 4 aromatic carbocycles. The minimum absolute atomic E-state index is 0.0636. The number of carboxylic acids is 1. The van der Waals surface area contributed by atoms with Crippen LogP contribution >= 0.6 is 0 Å². The number of nitrogens with two attached hydrogens (primary N) is 1. The highest BCUT2D eigenvalue weighted by atomic mass is 19.3. The van der Waals surface area contributed by atoms with Gasteiger partial charge in [-0.05, 0) is 145 Å². The van der Waals surface area contributed by atoms with Crippen LogP contribution in [0.1, 0.15) is 194 Å². The minimum atomic E-state index is -3.31. The first-order valence-electron chi connectivity index (χ1n) is 34.9. The number of amides is 5. The predicted molar refractivity (Wildman–Crippen MR) is 388 cm³/mol. The molecule has 33 heteroatoms. The summed E-state index contributed by atoms with van der Waals surface area (Å²) in [6.45, 7) is 24.5. The van der Waals surface area contributed by atoms with E-state index in [1.165, 1.54) is 57.2 Å². The summed E-state index contributed by atoms with van der Waals surface area (Å²) in [5.74, 6) is -0.708. The number of carbonyl (C=O) groups excluding carboxylic acids is 6. The quantitative estimate of drug-likeness (QED) is 0.0268. The maximum atomic E-state index is 14.1. The maximum absolute atomic E-state index is 14.1. The largest absolute Gasteiger partial charge is 0.476 e. The number of nitrogens with zero attached hydrogens (tertiary/aromatic N) is 6. The van der Waals surface area contributed by atoms with Crippen molar-refractivity contribution in [1.82, 2.24) is 35.5 Å². The second-order valence-electron chi connectivity index (χ2n) is 29.9. The van der Waals surface area contributed by atoms with E-state index in [0.717, 1.165) is 11.1 Å². The highest BCUT2D eigenvalue weighted by Crippen LogP contribution is 2.46. The lowest BCUT2D eigenvalue weighted by molar-refractivity contribution is -0.133. The molecule has 6 heterocycles. The first kappa shape index (κ1) is 87.4. The molecule has 3 fully saturated rings. The molecule has 7 aromatic rings. The van der Waals surface area contributed by atoms with Crippen LogP contribution in [-0.2, 0) is 38.0 Å². The predicted octanol–water partition coefficient (Wildman–Crippen LogP) is 14.6. The van der Waals surface area contributed by atoms with Crippen molar-refractivity contribution in [2.75, 3.05) is 33.3 Å². The number of halogens is 6. The Labute approximate surface area is 637 Å². The van der Waals surface area contributed by atoms with Crippen LogP contribution < -0.4 is 11.1 Å². The van der Waals surface area contributed by atoms with Crippen LogP contribution in [0.25, 0.3) is 34.0 Å². The van der Waals surface area contributed by atoms with Crippen molar-refractivity contribution in [3.8, 4) is 46.3 Å². The fourth-order valence-electron chi connectivity index (χ4n) is 12.0. The third-order valence-electron chi connectivity index (χ3n) is 16.8. The van der Waals surface area contributed by atoms with Gasteiger partial charge in [0.1, 0.15) is 85.1 Å². The molecule has 600 valence electrons. The van der Waals surface area contributed by atoms with Gasteiger partial charge in [-0.25, -0.2) is 41.5 Å². The minimum Gasteiger partial charge on any atom is -0.476 e. The number of aliphatic hydroxyl groups is 1. The molecule has 0 spiro atoms. The van der Waals surface area contributed by atoms with Crippen LogP contribution in [0.15, 0.2) is 129 Å². The van der Waals surface area contributed by atoms with Crippen molar-refractivity contribution in [3.63, 3.8) is 0 Å². The molecule has 3 aliphatic rings. The molecule has 0 unspecified atom stereocenters. The normalized spacial score (nSPS) is 19.5. The first-order chi connectivity index (χ1) is 51.8. The summed E-state index contributed by atoms with van der Waals surface area (Å²) >= 11 is 0. The first-order valence-corrected chi connectivity index (χ1v) is 34.9. The lowest BCUT2D eigenvalue weighted by Crippen LogP contribution is -2.50. The Morgan fingerprint density at radius 1 is 0.550 bits per heavy atom. The van der Waals surface area contributed by atoms with Crippen molar-refractivity contribution in [1.29, 1.82) is 0 Å². The Bertz CT molecular complexity index is 4390. The summed E-state index contributed by atoms with van der Waals surface area (Å²) in [4.78, 5) is 86.7. The lowest BCUT2D eigenvalue weighted by atomic mass is 10.0. The molecule has 10 rings (SSSR count). The van der Waals surface area contributed by atoms with Gasteiger partial charge in [0.05, 0.1) is 30.8 Å². The summed E-state index contributed by atoms with van der Waals surface area (Å²) in [6, 6.07) is 27.0. The van der Waals surface area contributed by atoms with Gasteiger partial charge in [0, 0.05) is 40.5 Å². The number of rotatable bonds is 18. The van der Waals surface area contributed by atoms with Crippen molar-refractivity contribution in [2.45, 2.75) is 200 Å². The van der Waals surface area contributed by atoms with E-state index in [-0.39, 0.29) is 35.0 Å². The summed E-state index contributed by atoms with van der Waals surface area (Å²) in [5, 5.41) is 31.4. The number of alkyl halides is 6. The fourth-order valence-corrected chi connectivity index (χ4v) is 12.0. The molecule has 5 amide bonds. The van der Waals surface area contributed by atoms with Crippen LogP contribution in [0.3, 0.4) is 0 Å². The van der Waals surface area contributed by atoms with Crippen LogP contribution in [0, 0.1) is 12.3 Å². The zero-order valence-electron chi connectivity index (χ0n) is 64.1. The van der Waals surface area contributed by atoms with Gasteiger partial charge >= 0.3 is 36.6 Å². The van der Waals surface area contributed by atoms with Gasteiger partial charge in [0.15, 0.2) is 34.4 Å². The van der Waals surface area contributed by atoms with E-state index in [0.29, 0.717) is 39.3 Å². The van der Waals surface area contributed by atoms with Gasteiger partial charge < -0.3 is 68.0 Å². The number of terminal acetylenes is 1. The topological polar surface area (TPSA) is 350 Å². The summed E-state index contributed by atoms with van der Waals surface area (Å²) < 4.78 is 134. The molecule has 3 saturated heterocycles. The number of primary amides is 1. The van der Waals surface area contributed by atoms with Crippen LogP contribution in [-0.4, -0.2) is 180 Å². The van der Waals surface area contributed by atoms with E-state index in [4.69, 9.17) is 64.0 Å². The number of aliphatic hydroxyl groups excluding tert-OH is 1. The molecule has 3 aromatic heterocycles. The van der Waals surface area contributed by atoms with Crippen molar-refractivity contribution in [2.24, 2.45) is 5.73 Å². The zero-order valence-corrected chi connectivity index (χ0v) is 64.1. The van der Waals surface area contributed by atoms with Gasteiger partial charge in [0.2, 0.25) is 0 Å². The Kier molecular flexibility index (Phi) is 28.3. The number of nitrogens with one attached hydrogen (secondary N) is 1. The number of esters is 1. The monoisotopic (exact) mass is 1560 g/mol. The third kappa shape index (κ3) is 22.2. The number of aromatic nitrogens is 3. The summed E-state index contributed by atoms with van der Waals surface area (Å²) in [5.41, 5.74) is 4.51. The maximum Gasteiger partial charge on any atom is 0.413 e. The van der Waals surface area contributed by atoms with Crippen molar-refractivity contribution in [3.05, 3.63) is 160 Å². The Balaban J connectivity index is 0.000000207. The Hall–Kier alpha value is -10.8. The molecular formula is C78H92F6N8O19. The number of carboxylic acid groups (broad SMARTS) is 1. The molecule has 0 bridgehead atoms. The van der Waals surface area contributed by atoms with E-state index in [1.807, 2.05) is 0 Å². The van der Waals surface area contributed by atoms with Gasteiger partial charge in [-0.1, -0.05) is 106 Å². The van der Waals surface area contributed by atoms with E-state index in [1.54, 1.807) is 189 Å². The van der Waals surface area contributed by atoms with Crippen molar-refractivity contribution >= 4 is 42.0 Å². The Morgan fingerprint density at radius 3 is 1.16 bits per heavy atom. The van der Waals surface area contributed by atoms with Gasteiger partial charge in [0.25, 0.3) is 11.8 Å². The molecule has 5 N–H and O–H groups in total. The number of carbonyl (C=O) groups is 7. The van der Waals surface area contributed by atoms with Crippen LogP contribution in [0.4, 0.5) is 40.7 Å². The molecule has 0 aliphatic carbocycles. The second kappa shape index (κ2) is 35.9. The second-order valence-corrected chi connectivity index (χ2v) is 29.9. The van der Waals surface area contributed by atoms with E-state index in [2.05, 4.69) is 21.4 Å². The highest BCUT2D eigenvalue weighted by Gasteiger charge is 2.55. The average Bonchev–Trinajstić information content (AvgIpc) is 1.62. The average molecular weight is 1560 g/mol. The third-order valence-corrected chi connectivity index (χ3v) is 16.8. The standard InChI is InChI=1S/C23H29FN2O6.C21H25FN2O6.C19H24FNO3.C15H14F3N3O4/c1-7-29-20(27)16-12-18(32-25-16)14-8-10-15(11-9-14)19-17(13-24)26(23(5,6)30-19)21(28)31-22(2,3)4;1-20(2,3)29-19(27)24-15(11-22)17(28-21(24,4)5)13-8-6-12(7-9-13)16-10-14(18(25)26)23-30-16;1-7-13-8-10-14(11-9-13)16-15(12-20)21(19(5,6)23-16)17(22)24-18(2,3)4;16-6-10(20-15(24)13(17)18)12(22)8-3-1-7(2-4-8)11-5-9(14(19)23)21-25-11/h8-12,17,19H,7,13H2,1-6H3;6-10,15,17H,11H2,1-5H3,(H,25,26);1,8-11,15-16H,12H2,2-6H3;1-5,10,12-13,22H,6H2,(H2,19,23)(H,20,24)/t17-,19-;15-,17-;15-,16-;10-,12-/m1111/s1. The van der Waals surface area contributed by atoms with Crippen LogP contribution in [0.2, 0.25) is 0 Å². The zero-order chi connectivity index (χ0) is 82.6. The van der Waals surface area contributed by atoms with Gasteiger partial charge in [-0.15, -0.1) is 6.42 Å². The number of benzene rings is 4. The molecule has 3 aliphatic heterocycles. The number of ether oxygens (including phenoxy) is 7. The molecule has 0 radical (unpaired) electrons. The number of hydrogen-bond donors (Lipinski definition) is 4. The van der Waals surface area contributed by atoms with Gasteiger partial charge in [-0.2, -0.15) is 8.78 Å². The smallest absolute Gasteiger partial charge is 0.413 e. The van der Waals surface area contributed by atoms with E-state index < -0.39 is 158 Å². The number of aromatic carboxylic acids is 1. The molecular weight excluding hydrogens is 1470 g/mol. The number of hydrogen-bond acceptors (Lipinski definition) is 21. The van der Waals surface area contributed by atoms with Crippen molar-refractivity contribution < 1.29 is 117 Å². The molecule has 0 saturated carbocycles. The van der Waals surface area contributed by atoms with Gasteiger partial charge in [-0.3, -0.25) is 24.3 Å². The highest BCUT2D eigenvalue weighted by molar-refractivity contribution is 5.91. The Morgan fingerprint density at radius 2 is 0.874 bits per heavy atom.